The maximum Gasteiger partial charge on any atom is 0.0631 e. The van der Waals surface area contributed by atoms with E-state index in [0.29, 0.717) is 17.9 Å². The van der Waals surface area contributed by atoms with Gasteiger partial charge in [-0.15, -0.1) is 11.6 Å². The number of alkyl halides is 1. The average Bonchev–Trinajstić information content (AvgIpc) is 2.70. The zero-order chi connectivity index (χ0) is 13.9. The molecule has 0 amide bonds. The molecule has 2 atom stereocenters. The third kappa shape index (κ3) is 4.77. The molecule has 1 aliphatic heterocycles. The molecule has 2 unspecified atom stereocenters. The predicted octanol–water partition coefficient (Wildman–Crippen LogP) is 5.19. The van der Waals surface area contributed by atoms with Gasteiger partial charge in [-0.1, -0.05) is 28.1 Å². The van der Waals surface area contributed by atoms with E-state index >= 15 is 0 Å². The molecule has 0 radical (unpaired) electrons. The zero-order valence-corrected chi connectivity index (χ0v) is 14.0. The van der Waals surface area contributed by atoms with Crippen LogP contribution >= 0.6 is 27.5 Å². The third-order valence-electron chi connectivity index (χ3n) is 3.81. The Bertz CT molecular complexity index is 402. The molecule has 1 saturated heterocycles. The Balaban J connectivity index is 1.88. The van der Waals surface area contributed by atoms with Crippen molar-refractivity contribution in [1.82, 2.24) is 0 Å². The van der Waals surface area contributed by atoms with Gasteiger partial charge >= 0.3 is 0 Å². The van der Waals surface area contributed by atoms with Crippen LogP contribution in [0.5, 0.6) is 0 Å². The fourth-order valence-electron chi connectivity index (χ4n) is 2.77. The lowest BCUT2D eigenvalue weighted by molar-refractivity contribution is -0.0234. The fourth-order valence-corrected chi connectivity index (χ4v) is 3.27. The molecule has 0 aromatic heterocycles. The lowest BCUT2D eigenvalue weighted by Crippen LogP contribution is -2.22. The van der Waals surface area contributed by atoms with Crippen LogP contribution in [0.2, 0.25) is 0 Å². The van der Waals surface area contributed by atoms with E-state index in [4.69, 9.17) is 16.3 Å². The minimum Gasteiger partial charge on any atom is -0.372 e. The average molecular weight is 346 g/mol. The third-order valence-corrected chi connectivity index (χ3v) is 4.77. The van der Waals surface area contributed by atoms with Gasteiger partial charge in [-0.05, 0) is 63.1 Å². The van der Waals surface area contributed by atoms with Crippen LogP contribution in [0.4, 0.5) is 0 Å². The summed E-state index contributed by atoms with van der Waals surface area (Å²) < 4.78 is 7.20. The van der Waals surface area contributed by atoms with Gasteiger partial charge in [0.05, 0.1) is 11.7 Å². The van der Waals surface area contributed by atoms with Crippen molar-refractivity contribution in [3.63, 3.8) is 0 Å². The first kappa shape index (κ1) is 15.3. The van der Waals surface area contributed by atoms with Gasteiger partial charge in [0.15, 0.2) is 0 Å². The van der Waals surface area contributed by atoms with E-state index < -0.39 is 0 Å². The minimum atomic E-state index is 0.0547. The number of hydrogen-bond donors (Lipinski definition) is 0. The summed E-state index contributed by atoms with van der Waals surface area (Å²) in [7, 11) is 0. The number of halogens is 2. The summed E-state index contributed by atoms with van der Waals surface area (Å²) in [4.78, 5) is 0. The smallest absolute Gasteiger partial charge is 0.0631 e. The van der Waals surface area contributed by atoms with E-state index in [1.54, 1.807) is 0 Å². The summed E-state index contributed by atoms with van der Waals surface area (Å²) in [5.41, 5.74) is 1.41. The van der Waals surface area contributed by atoms with Crippen molar-refractivity contribution in [3.05, 3.63) is 34.3 Å². The summed E-state index contributed by atoms with van der Waals surface area (Å²) in [6.07, 6.45) is 4.82. The first-order valence-corrected chi connectivity index (χ1v) is 8.29. The van der Waals surface area contributed by atoms with Gasteiger partial charge in [0.2, 0.25) is 0 Å². The molecule has 1 aromatic carbocycles. The Morgan fingerprint density at radius 1 is 1.37 bits per heavy atom. The fraction of sp³-hybridized carbons (Fsp3) is 0.625. The highest BCUT2D eigenvalue weighted by atomic mass is 79.9. The topological polar surface area (TPSA) is 9.23 Å². The first-order valence-electron chi connectivity index (χ1n) is 6.97. The molecular formula is C16H22BrClO. The van der Waals surface area contributed by atoms with Crippen LogP contribution in [-0.4, -0.2) is 17.6 Å². The quantitative estimate of drug-likeness (QED) is 0.667. The molecule has 2 rings (SSSR count). The molecule has 0 aliphatic carbocycles. The Morgan fingerprint density at radius 3 is 2.58 bits per heavy atom. The molecule has 1 fully saturated rings. The van der Waals surface area contributed by atoms with Crippen LogP contribution in [0.25, 0.3) is 0 Å². The SMILES string of the molecule is CC1(C)CCC(CC(CCl)Cc2ccc(Br)cc2)O1. The van der Waals surface area contributed by atoms with Crippen LogP contribution in [0.15, 0.2) is 28.7 Å². The van der Waals surface area contributed by atoms with Crippen molar-refractivity contribution < 1.29 is 4.74 Å². The largest absolute Gasteiger partial charge is 0.372 e. The second-order valence-corrected chi connectivity index (χ2v) is 7.35. The number of ether oxygens (including phenoxy) is 1. The molecule has 1 heterocycles. The lowest BCUT2D eigenvalue weighted by atomic mass is 9.94. The van der Waals surface area contributed by atoms with Crippen molar-refractivity contribution in [3.8, 4) is 0 Å². The van der Waals surface area contributed by atoms with E-state index in [2.05, 4.69) is 54.0 Å². The van der Waals surface area contributed by atoms with Crippen molar-refractivity contribution in [2.75, 3.05) is 5.88 Å². The molecule has 0 saturated carbocycles. The van der Waals surface area contributed by atoms with Gasteiger partial charge in [0, 0.05) is 10.4 Å². The first-order chi connectivity index (χ1) is 8.98. The molecule has 0 bridgehead atoms. The van der Waals surface area contributed by atoms with Crippen molar-refractivity contribution in [2.45, 2.75) is 51.2 Å². The van der Waals surface area contributed by atoms with Crippen LogP contribution in [-0.2, 0) is 11.2 Å². The molecule has 0 spiro atoms. The minimum absolute atomic E-state index is 0.0547. The summed E-state index contributed by atoms with van der Waals surface area (Å²) in [6, 6.07) is 8.53. The summed E-state index contributed by atoms with van der Waals surface area (Å²) in [5.74, 6) is 1.21. The number of benzene rings is 1. The molecular weight excluding hydrogens is 324 g/mol. The molecule has 1 aromatic rings. The zero-order valence-electron chi connectivity index (χ0n) is 11.7. The Morgan fingerprint density at radius 2 is 2.05 bits per heavy atom. The van der Waals surface area contributed by atoms with Gasteiger partial charge in [-0.25, -0.2) is 0 Å². The maximum atomic E-state index is 6.13. The second kappa shape index (κ2) is 6.60. The van der Waals surface area contributed by atoms with Crippen molar-refractivity contribution in [2.24, 2.45) is 5.92 Å². The van der Waals surface area contributed by atoms with Crippen LogP contribution in [0, 0.1) is 5.92 Å². The standard InChI is InChI=1S/C16H22BrClO/c1-16(2)8-7-15(19-16)10-13(11-18)9-12-3-5-14(17)6-4-12/h3-6,13,15H,7-11H2,1-2H3. The summed E-state index contributed by atoms with van der Waals surface area (Å²) in [6.45, 7) is 4.36. The Kier molecular flexibility index (Phi) is 5.33. The second-order valence-electron chi connectivity index (χ2n) is 6.12. The van der Waals surface area contributed by atoms with E-state index in [9.17, 15) is 0 Å². The monoisotopic (exact) mass is 344 g/mol. The summed E-state index contributed by atoms with van der Waals surface area (Å²) >= 11 is 9.60. The van der Waals surface area contributed by atoms with E-state index in [1.807, 2.05) is 0 Å². The normalized spacial score (nSPS) is 23.5. The maximum absolute atomic E-state index is 6.13. The highest BCUT2D eigenvalue weighted by Gasteiger charge is 2.32. The highest BCUT2D eigenvalue weighted by Crippen LogP contribution is 2.33. The highest BCUT2D eigenvalue weighted by molar-refractivity contribution is 9.10. The van der Waals surface area contributed by atoms with E-state index in [1.165, 1.54) is 12.0 Å². The van der Waals surface area contributed by atoms with Gasteiger partial charge in [0.1, 0.15) is 0 Å². The number of hydrogen-bond acceptors (Lipinski definition) is 1. The Labute approximate surface area is 129 Å². The predicted molar refractivity (Wildman–Crippen MR) is 84.9 cm³/mol. The number of rotatable bonds is 5. The van der Waals surface area contributed by atoms with Crippen LogP contribution in [0.1, 0.15) is 38.7 Å². The molecule has 3 heteroatoms. The molecule has 1 nitrogen and oxygen atoms in total. The van der Waals surface area contributed by atoms with Crippen LogP contribution < -0.4 is 0 Å². The molecule has 1 aliphatic rings. The molecule has 0 N–H and O–H groups in total. The van der Waals surface area contributed by atoms with Crippen LogP contribution in [0.3, 0.4) is 0 Å². The van der Waals surface area contributed by atoms with Gasteiger partial charge in [-0.2, -0.15) is 0 Å². The lowest BCUT2D eigenvalue weighted by Gasteiger charge is -2.22. The van der Waals surface area contributed by atoms with E-state index in [0.717, 1.165) is 23.7 Å². The van der Waals surface area contributed by atoms with Gasteiger partial charge < -0.3 is 4.74 Å². The van der Waals surface area contributed by atoms with Crippen molar-refractivity contribution >= 4 is 27.5 Å². The Hall–Kier alpha value is -0.0500. The molecule has 106 valence electrons. The van der Waals surface area contributed by atoms with E-state index in [-0.39, 0.29) is 5.60 Å². The van der Waals surface area contributed by atoms with Crippen molar-refractivity contribution in [1.29, 1.82) is 0 Å². The van der Waals surface area contributed by atoms with Gasteiger partial charge in [0.25, 0.3) is 0 Å². The van der Waals surface area contributed by atoms with Gasteiger partial charge in [-0.3, -0.25) is 0 Å². The summed E-state index contributed by atoms with van der Waals surface area (Å²) in [5, 5.41) is 0. The molecule has 19 heavy (non-hydrogen) atoms.